The van der Waals surface area contributed by atoms with Crippen LogP contribution in [0.5, 0.6) is 5.75 Å². The van der Waals surface area contributed by atoms with Crippen LogP contribution in [0.1, 0.15) is 13.8 Å². The third-order valence-electron chi connectivity index (χ3n) is 2.53. The summed E-state index contributed by atoms with van der Waals surface area (Å²) in [7, 11) is -1.98. The minimum atomic E-state index is -3.39. The van der Waals surface area contributed by atoms with E-state index >= 15 is 0 Å². The van der Waals surface area contributed by atoms with E-state index in [1.165, 1.54) is 26.2 Å². The molecule has 7 nitrogen and oxygen atoms in total. The van der Waals surface area contributed by atoms with Gasteiger partial charge >= 0.3 is 0 Å². The Kier molecular flexibility index (Phi) is 7.48. The highest BCUT2D eigenvalue weighted by Crippen LogP contribution is 2.28. The fourth-order valence-corrected chi connectivity index (χ4v) is 2.00. The van der Waals surface area contributed by atoms with Crippen molar-refractivity contribution in [3.05, 3.63) is 18.2 Å². The number of methoxy groups -OCH3 is 1. The van der Waals surface area contributed by atoms with E-state index < -0.39 is 16.1 Å². The molecule has 0 radical (unpaired) electrons. The number of carbonyl (C=O) groups excluding carboxylic acids is 1. The van der Waals surface area contributed by atoms with Crippen LogP contribution < -0.4 is 20.5 Å². The highest BCUT2D eigenvalue weighted by Gasteiger charge is 2.13. The molecule has 0 spiro atoms. The summed E-state index contributed by atoms with van der Waals surface area (Å²) in [6.07, 6.45) is 0. The van der Waals surface area contributed by atoms with E-state index in [4.69, 9.17) is 10.5 Å². The van der Waals surface area contributed by atoms with Crippen LogP contribution in [0.15, 0.2) is 18.2 Å². The predicted octanol–water partition coefficient (Wildman–Crippen LogP) is 1.16. The van der Waals surface area contributed by atoms with Gasteiger partial charge in [0.1, 0.15) is 5.75 Å². The number of carbonyl (C=O) groups is 1. The first-order chi connectivity index (χ1) is 9.29. The van der Waals surface area contributed by atoms with Crippen molar-refractivity contribution in [2.24, 2.45) is 5.73 Å². The number of hydrogen-bond acceptors (Lipinski definition) is 5. The van der Waals surface area contributed by atoms with Crippen molar-refractivity contribution in [1.82, 2.24) is 0 Å². The molecule has 1 rings (SSSR count). The largest absolute Gasteiger partial charge is 0.494 e. The lowest BCUT2D eigenvalue weighted by Gasteiger charge is -2.13. The molecule has 1 amide bonds. The molecule has 1 aromatic carbocycles. The van der Waals surface area contributed by atoms with Crippen LogP contribution in [0.4, 0.5) is 11.4 Å². The molecule has 0 saturated carbocycles. The Bertz CT molecular complexity index is 590. The molecule has 0 bridgehead atoms. The van der Waals surface area contributed by atoms with Crippen LogP contribution in [0.25, 0.3) is 0 Å². The molecule has 0 aliphatic rings. The fraction of sp³-hybridized carbons (Fsp3) is 0.417. The van der Waals surface area contributed by atoms with Crippen molar-refractivity contribution in [3.8, 4) is 5.75 Å². The highest BCUT2D eigenvalue weighted by molar-refractivity contribution is 7.92. The van der Waals surface area contributed by atoms with Crippen molar-refractivity contribution < 1.29 is 17.9 Å². The summed E-state index contributed by atoms with van der Waals surface area (Å²) in [6.45, 7) is 3.10. The number of nitrogens with two attached hydrogens (primary N) is 1. The minimum absolute atomic E-state index is 0. The Labute approximate surface area is 130 Å². The molecule has 1 aromatic rings. The van der Waals surface area contributed by atoms with Gasteiger partial charge in [-0.2, -0.15) is 0 Å². The first-order valence-corrected chi connectivity index (χ1v) is 7.69. The lowest BCUT2D eigenvalue weighted by atomic mass is 10.2. The quantitative estimate of drug-likeness (QED) is 0.721. The first-order valence-electron chi connectivity index (χ1n) is 6.04. The maximum absolute atomic E-state index is 11.5. The first kappa shape index (κ1) is 19.5. The molecule has 0 fully saturated rings. The summed E-state index contributed by atoms with van der Waals surface area (Å²) in [6, 6.07) is 3.96. The lowest BCUT2D eigenvalue weighted by Crippen LogP contribution is -2.32. The van der Waals surface area contributed by atoms with Gasteiger partial charge in [0, 0.05) is 11.8 Å². The predicted molar refractivity (Wildman–Crippen MR) is 85.6 cm³/mol. The lowest BCUT2D eigenvalue weighted by molar-refractivity contribution is -0.117. The molecule has 4 N–H and O–H groups in total. The van der Waals surface area contributed by atoms with Gasteiger partial charge < -0.3 is 15.8 Å². The van der Waals surface area contributed by atoms with Gasteiger partial charge in [-0.25, -0.2) is 8.42 Å². The number of hydrogen-bond donors (Lipinski definition) is 3. The maximum atomic E-state index is 11.5. The Morgan fingerprint density at radius 2 is 2.05 bits per heavy atom. The smallest absolute Gasteiger partial charge is 0.241 e. The molecule has 0 aliphatic carbocycles. The van der Waals surface area contributed by atoms with Gasteiger partial charge in [0.15, 0.2) is 0 Å². The Balaban J connectivity index is 0.00000400. The Morgan fingerprint density at radius 1 is 1.43 bits per heavy atom. The normalized spacial score (nSPS) is 12.0. The molecular weight excluding hydrogens is 318 g/mol. The maximum Gasteiger partial charge on any atom is 0.241 e. The number of amides is 1. The molecular formula is C12H20ClN3O4S. The van der Waals surface area contributed by atoms with Gasteiger partial charge in [-0.15, -0.1) is 12.4 Å². The topological polar surface area (TPSA) is 111 Å². The van der Waals surface area contributed by atoms with E-state index in [-0.39, 0.29) is 24.1 Å². The van der Waals surface area contributed by atoms with Gasteiger partial charge in [-0.05, 0) is 26.0 Å². The number of nitrogens with one attached hydrogen (secondary N) is 2. The monoisotopic (exact) mass is 337 g/mol. The van der Waals surface area contributed by atoms with Crippen molar-refractivity contribution in [2.75, 3.05) is 22.9 Å². The molecule has 120 valence electrons. The van der Waals surface area contributed by atoms with E-state index in [2.05, 4.69) is 10.0 Å². The zero-order valence-electron chi connectivity index (χ0n) is 12.0. The average molecular weight is 338 g/mol. The van der Waals surface area contributed by atoms with Gasteiger partial charge in [-0.1, -0.05) is 0 Å². The van der Waals surface area contributed by atoms with E-state index in [9.17, 15) is 13.2 Å². The number of sulfonamides is 1. The van der Waals surface area contributed by atoms with Gasteiger partial charge in [0.05, 0.1) is 24.6 Å². The molecule has 0 unspecified atom stereocenters. The van der Waals surface area contributed by atoms with E-state index in [1.807, 2.05) is 0 Å². The van der Waals surface area contributed by atoms with E-state index in [1.54, 1.807) is 13.0 Å². The molecule has 1 atom stereocenters. The summed E-state index contributed by atoms with van der Waals surface area (Å²) < 4.78 is 30.6. The third kappa shape index (κ3) is 5.78. The standard InChI is InChI=1S/C12H19N3O4S.ClH/c1-4-20(17,18)15-10-6-5-9(7-11(10)19-3)14-12(16)8(2)13;/h5-8,15H,4,13H2,1-3H3,(H,14,16);1H/t8-;/m0./s1. The molecule has 0 saturated heterocycles. The van der Waals surface area contributed by atoms with Crippen LogP contribution >= 0.6 is 12.4 Å². The Morgan fingerprint density at radius 3 is 2.52 bits per heavy atom. The summed E-state index contributed by atoms with van der Waals surface area (Å²) in [4.78, 5) is 11.5. The van der Waals surface area contributed by atoms with Crippen molar-refractivity contribution in [3.63, 3.8) is 0 Å². The molecule has 21 heavy (non-hydrogen) atoms. The number of rotatable bonds is 6. The SMILES string of the molecule is CCS(=O)(=O)Nc1ccc(NC(=O)[C@H](C)N)cc1OC.Cl. The minimum Gasteiger partial charge on any atom is -0.494 e. The van der Waals surface area contributed by atoms with Crippen LogP contribution in [-0.4, -0.2) is 33.2 Å². The second kappa shape index (κ2) is 8.06. The summed E-state index contributed by atoms with van der Waals surface area (Å²) in [5, 5.41) is 2.60. The third-order valence-corrected chi connectivity index (χ3v) is 3.82. The Hall–Kier alpha value is -1.51. The number of benzene rings is 1. The molecule has 0 heterocycles. The zero-order valence-corrected chi connectivity index (χ0v) is 13.7. The highest BCUT2D eigenvalue weighted by atomic mass is 35.5. The fourth-order valence-electron chi connectivity index (χ4n) is 1.35. The van der Waals surface area contributed by atoms with Crippen LogP contribution in [0.2, 0.25) is 0 Å². The molecule has 0 aliphatic heterocycles. The van der Waals surface area contributed by atoms with Crippen molar-refractivity contribution >= 4 is 39.7 Å². The van der Waals surface area contributed by atoms with Crippen LogP contribution in [0, 0.1) is 0 Å². The zero-order chi connectivity index (χ0) is 15.3. The number of ether oxygens (including phenoxy) is 1. The summed E-state index contributed by atoms with van der Waals surface area (Å²) in [5.74, 6) is -0.0716. The van der Waals surface area contributed by atoms with E-state index in [0.717, 1.165) is 0 Å². The van der Waals surface area contributed by atoms with Crippen LogP contribution in [-0.2, 0) is 14.8 Å². The van der Waals surface area contributed by atoms with Gasteiger partial charge in [0.25, 0.3) is 0 Å². The van der Waals surface area contributed by atoms with E-state index in [0.29, 0.717) is 17.1 Å². The van der Waals surface area contributed by atoms with Gasteiger partial charge in [-0.3, -0.25) is 9.52 Å². The van der Waals surface area contributed by atoms with Crippen LogP contribution in [0.3, 0.4) is 0 Å². The average Bonchev–Trinajstić information content (AvgIpc) is 2.40. The summed E-state index contributed by atoms with van der Waals surface area (Å²) in [5.41, 5.74) is 6.24. The van der Waals surface area contributed by atoms with Crippen molar-refractivity contribution in [2.45, 2.75) is 19.9 Å². The second-order valence-electron chi connectivity index (χ2n) is 4.20. The second-order valence-corrected chi connectivity index (χ2v) is 6.21. The molecule has 9 heteroatoms. The molecule has 0 aromatic heterocycles. The summed E-state index contributed by atoms with van der Waals surface area (Å²) >= 11 is 0. The van der Waals surface area contributed by atoms with Crippen molar-refractivity contribution in [1.29, 1.82) is 0 Å². The number of anilines is 2. The number of halogens is 1. The van der Waals surface area contributed by atoms with Gasteiger partial charge in [0.2, 0.25) is 15.9 Å².